The number of benzene rings is 1. The largest absolute Gasteiger partial charge is 0.417 e. The summed E-state index contributed by atoms with van der Waals surface area (Å²) >= 11 is 0. The molecule has 0 aliphatic heterocycles. The molecule has 2 N–H and O–H groups in total. The first-order chi connectivity index (χ1) is 14.6. The standard InChI is InChI=1S/C21H16F3N5O2/c1-11-10-16(13-6-3-4-7-14(13)21(22,23)24)28-29-18(11)25-12(2)19(29)27-20(31)15-8-5-9-17(30)26-15/h3-10H,1-2H3,(H,26,30)(H,27,31). The van der Waals surface area contributed by atoms with E-state index in [9.17, 15) is 22.8 Å². The van der Waals surface area contributed by atoms with E-state index in [-0.39, 0.29) is 22.8 Å². The number of aromatic nitrogens is 4. The van der Waals surface area contributed by atoms with Gasteiger partial charge in [-0.25, -0.2) is 4.98 Å². The Morgan fingerprint density at radius 1 is 1.10 bits per heavy atom. The second kappa shape index (κ2) is 7.38. The smallest absolute Gasteiger partial charge is 0.318 e. The number of nitrogens with one attached hydrogen (secondary N) is 2. The first-order valence-corrected chi connectivity index (χ1v) is 9.19. The van der Waals surface area contributed by atoms with Gasteiger partial charge in [-0.1, -0.05) is 24.3 Å². The molecule has 0 spiro atoms. The van der Waals surface area contributed by atoms with Crippen LogP contribution in [0.15, 0.2) is 53.3 Å². The van der Waals surface area contributed by atoms with Crippen LogP contribution in [0.5, 0.6) is 0 Å². The molecule has 0 aliphatic carbocycles. The van der Waals surface area contributed by atoms with E-state index in [0.29, 0.717) is 16.9 Å². The van der Waals surface area contributed by atoms with E-state index in [1.54, 1.807) is 13.8 Å². The fraction of sp³-hybridized carbons (Fsp3) is 0.143. The highest BCUT2D eigenvalue weighted by molar-refractivity contribution is 6.02. The normalized spacial score (nSPS) is 11.6. The van der Waals surface area contributed by atoms with Gasteiger partial charge in [0.15, 0.2) is 11.5 Å². The lowest BCUT2D eigenvalue weighted by Crippen LogP contribution is -2.19. The number of aryl methyl sites for hydroxylation is 2. The Hall–Kier alpha value is -3.95. The first-order valence-electron chi connectivity index (χ1n) is 9.19. The van der Waals surface area contributed by atoms with Gasteiger partial charge in [0, 0.05) is 11.6 Å². The van der Waals surface area contributed by atoms with Gasteiger partial charge in [0.25, 0.3) is 5.91 Å². The summed E-state index contributed by atoms with van der Waals surface area (Å²) in [6, 6.07) is 10.8. The van der Waals surface area contributed by atoms with Crippen molar-refractivity contribution in [2.24, 2.45) is 0 Å². The van der Waals surface area contributed by atoms with Crippen LogP contribution in [0.4, 0.5) is 19.0 Å². The van der Waals surface area contributed by atoms with Gasteiger partial charge in [-0.15, -0.1) is 0 Å². The highest BCUT2D eigenvalue weighted by atomic mass is 19.4. The number of fused-ring (bicyclic) bond motifs is 1. The SMILES string of the molecule is Cc1nc2c(C)cc(-c3ccccc3C(F)(F)F)nn2c1NC(=O)c1cccc(=O)[nH]1. The lowest BCUT2D eigenvalue weighted by Gasteiger charge is -2.13. The van der Waals surface area contributed by atoms with Crippen molar-refractivity contribution in [3.63, 3.8) is 0 Å². The van der Waals surface area contributed by atoms with Crippen LogP contribution in [0.1, 0.15) is 27.3 Å². The van der Waals surface area contributed by atoms with E-state index >= 15 is 0 Å². The molecule has 4 rings (SSSR count). The van der Waals surface area contributed by atoms with Crippen LogP contribution in [0, 0.1) is 13.8 Å². The van der Waals surface area contributed by atoms with Crippen LogP contribution in [0.25, 0.3) is 16.9 Å². The third kappa shape index (κ3) is 3.79. The Bertz CT molecular complexity index is 1370. The number of H-pyrrole nitrogens is 1. The number of rotatable bonds is 3. The Morgan fingerprint density at radius 2 is 1.84 bits per heavy atom. The lowest BCUT2D eigenvalue weighted by molar-refractivity contribution is -0.137. The summed E-state index contributed by atoms with van der Waals surface area (Å²) < 4.78 is 41.8. The predicted octanol–water partition coefficient (Wildman–Crippen LogP) is 3.97. The number of anilines is 1. The monoisotopic (exact) mass is 427 g/mol. The minimum atomic E-state index is -4.55. The molecule has 1 amide bonds. The van der Waals surface area contributed by atoms with Gasteiger partial charge < -0.3 is 10.3 Å². The maximum absolute atomic E-state index is 13.5. The molecule has 0 bridgehead atoms. The quantitative estimate of drug-likeness (QED) is 0.518. The van der Waals surface area contributed by atoms with Gasteiger partial charge in [-0.3, -0.25) is 9.59 Å². The highest BCUT2D eigenvalue weighted by Gasteiger charge is 2.34. The average Bonchev–Trinajstić information content (AvgIpc) is 3.03. The maximum Gasteiger partial charge on any atom is 0.417 e. The Morgan fingerprint density at radius 3 is 2.55 bits per heavy atom. The van der Waals surface area contributed by atoms with Crippen molar-refractivity contribution in [3.05, 3.63) is 81.4 Å². The summed E-state index contributed by atoms with van der Waals surface area (Å²) in [4.78, 5) is 30.9. The third-order valence-electron chi connectivity index (χ3n) is 4.70. The molecule has 31 heavy (non-hydrogen) atoms. The molecule has 0 aliphatic rings. The summed E-state index contributed by atoms with van der Waals surface area (Å²) in [7, 11) is 0. The summed E-state index contributed by atoms with van der Waals surface area (Å²) in [5.74, 6) is -0.415. The van der Waals surface area contributed by atoms with Gasteiger partial charge in [-0.05, 0) is 37.6 Å². The van der Waals surface area contributed by atoms with E-state index in [1.165, 1.54) is 47.0 Å². The number of carbonyl (C=O) groups excluding carboxylic acids is 1. The molecule has 3 heterocycles. The molecular formula is C21H16F3N5O2. The number of pyridine rings is 1. The molecule has 1 aromatic carbocycles. The van der Waals surface area contributed by atoms with Crippen molar-refractivity contribution in [2.45, 2.75) is 20.0 Å². The average molecular weight is 427 g/mol. The topological polar surface area (TPSA) is 92.2 Å². The molecule has 4 aromatic rings. The van der Waals surface area contributed by atoms with Crippen molar-refractivity contribution in [1.82, 2.24) is 19.6 Å². The van der Waals surface area contributed by atoms with Crippen molar-refractivity contribution in [2.75, 3.05) is 5.32 Å². The van der Waals surface area contributed by atoms with Crippen molar-refractivity contribution >= 4 is 17.4 Å². The Kier molecular flexibility index (Phi) is 4.84. The minimum Gasteiger partial charge on any atom is -0.318 e. The zero-order chi connectivity index (χ0) is 22.3. The molecule has 0 radical (unpaired) electrons. The summed E-state index contributed by atoms with van der Waals surface area (Å²) in [5.41, 5.74) is 0.157. The van der Waals surface area contributed by atoms with Crippen LogP contribution in [-0.4, -0.2) is 25.5 Å². The molecular weight excluding hydrogens is 411 g/mol. The van der Waals surface area contributed by atoms with Crippen LogP contribution in [0.2, 0.25) is 0 Å². The number of nitrogens with zero attached hydrogens (tertiary/aromatic N) is 3. The molecule has 158 valence electrons. The summed E-state index contributed by atoms with van der Waals surface area (Å²) in [6.07, 6.45) is -4.55. The zero-order valence-corrected chi connectivity index (χ0v) is 16.4. The molecule has 0 fully saturated rings. The predicted molar refractivity (Wildman–Crippen MR) is 108 cm³/mol. The second-order valence-electron chi connectivity index (χ2n) is 6.92. The van der Waals surface area contributed by atoms with E-state index in [0.717, 1.165) is 6.07 Å². The number of imidazole rings is 1. The molecule has 10 heteroatoms. The molecule has 3 aromatic heterocycles. The number of alkyl halides is 3. The second-order valence-corrected chi connectivity index (χ2v) is 6.92. The van der Waals surface area contributed by atoms with Gasteiger partial charge >= 0.3 is 6.18 Å². The van der Waals surface area contributed by atoms with Crippen molar-refractivity contribution in [3.8, 4) is 11.3 Å². The van der Waals surface area contributed by atoms with Crippen LogP contribution in [-0.2, 0) is 6.18 Å². The Labute approximate surface area is 173 Å². The van der Waals surface area contributed by atoms with Crippen LogP contribution in [0.3, 0.4) is 0 Å². The third-order valence-corrected chi connectivity index (χ3v) is 4.70. The number of carbonyl (C=O) groups is 1. The summed E-state index contributed by atoms with van der Waals surface area (Å²) in [5, 5.41) is 6.97. The molecule has 0 atom stereocenters. The Balaban J connectivity index is 1.85. The van der Waals surface area contributed by atoms with Crippen LogP contribution < -0.4 is 10.9 Å². The minimum absolute atomic E-state index is 0.0251. The summed E-state index contributed by atoms with van der Waals surface area (Å²) in [6.45, 7) is 3.34. The highest BCUT2D eigenvalue weighted by Crippen LogP contribution is 2.37. The van der Waals surface area contributed by atoms with E-state index in [1.807, 2.05) is 0 Å². The molecule has 0 saturated heterocycles. The first kappa shape index (κ1) is 20.3. The number of amides is 1. The maximum atomic E-state index is 13.5. The lowest BCUT2D eigenvalue weighted by atomic mass is 10.0. The fourth-order valence-corrected chi connectivity index (χ4v) is 3.26. The van der Waals surface area contributed by atoms with Gasteiger partial charge in [0.2, 0.25) is 5.56 Å². The van der Waals surface area contributed by atoms with Gasteiger partial charge in [0.1, 0.15) is 5.69 Å². The zero-order valence-electron chi connectivity index (χ0n) is 16.4. The fourth-order valence-electron chi connectivity index (χ4n) is 3.26. The molecule has 0 unspecified atom stereocenters. The van der Waals surface area contributed by atoms with Gasteiger partial charge in [-0.2, -0.15) is 22.8 Å². The van der Waals surface area contributed by atoms with Gasteiger partial charge in [0.05, 0.1) is 17.0 Å². The number of hydrogen-bond donors (Lipinski definition) is 2. The van der Waals surface area contributed by atoms with Crippen molar-refractivity contribution < 1.29 is 18.0 Å². The number of hydrogen-bond acceptors (Lipinski definition) is 4. The van der Waals surface area contributed by atoms with E-state index in [4.69, 9.17) is 0 Å². The number of halogens is 3. The van der Waals surface area contributed by atoms with Crippen molar-refractivity contribution in [1.29, 1.82) is 0 Å². The van der Waals surface area contributed by atoms with Crippen LogP contribution >= 0.6 is 0 Å². The molecule has 7 nitrogen and oxygen atoms in total. The molecule has 0 saturated carbocycles. The van der Waals surface area contributed by atoms with E-state index in [2.05, 4.69) is 20.4 Å². The number of aromatic amines is 1. The van der Waals surface area contributed by atoms with E-state index < -0.39 is 23.2 Å².